The van der Waals surface area contributed by atoms with Crippen LogP contribution in [0.4, 0.5) is 19.0 Å². The summed E-state index contributed by atoms with van der Waals surface area (Å²) in [6.45, 7) is 3.69. The molecule has 1 aromatic carbocycles. The van der Waals surface area contributed by atoms with Crippen molar-refractivity contribution in [1.29, 1.82) is 0 Å². The Balaban J connectivity index is 1.76. The van der Waals surface area contributed by atoms with Crippen LogP contribution in [-0.4, -0.2) is 36.4 Å². The van der Waals surface area contributed by atoms with Crippen LogP contribution in [0.2, 0.25) is 0 Å². The van der Waals surface area contributed by atoms with Gasteiger partial charge in [-0.3, -0.25) is 0 Å². The van der Waals surface area contributed by atoms with Crippen LogP contribution in [-0.2, 0) is 6.18 Å². The van der Waals surface area contributed by atoms with E-state index >= 15 is 0 Å². The summed E-state index contributed by atoms with van der Waals surface area (Å²) in [4.78, 5) is 2.16. The van der Waals surface area contributed by atoms with Gasteiger partial charge in [-0.1, -0.05) is 12.1 Å². The Morgan fingerprint density at radius 2 is 1.70 bits per heavy atom. The zero-order valence-electron chi connectivity index (χ0n) is 12.5. The fourth-order valence-electron chi connectivity index (χ4n) is 2.55. The minimum Gasteiger partial charge on any atom is -0.354 e. The molecule has 1 aliphatic heterocycles. The number of alkyl halides is 3. The molecular formula is C16H17F3N4. The smallest absolute Gasteiger partial charge is 0.354 e. The lowest BCUT2D eigenvalue weighted by atomic mass is 10.1. The Labute approximate surface area is 132 Å². The van der Waals surface area contributed by atoms with Gasteiger partial charge in [0.2, 0.25) is 0 Å². The summed E-state index contributed by atoms with van der Waals surface area (Å²) in [5, 5.41) is 11.7. The molecule has 0 spiro atoms. The van der Waals surface area contributed by atoms with Crippen molar-refractivity contribution in [2.45, 2.75) is 12.6 Å². The highest BCUT2D eigenvalue weighted by atomic mass is 19.4. The zero-order chi connectivity index (χ0) is 16.3. The fraction of sp³-hybridized carbons (Fsp3) is 0.375. The molecule has 1 saturated heterocycles. The number of aromatic nitrogens is 2. The van der Waals surface area contributed by atoms with Gasteiger partial charge in [0.25, 0.3) is 0 Å². The van der Waals surface area contributed by atoms with E-state index in [0.717, 1.165) is 50.6 Å². The highest BCUT2D eigenvalue weighted by Gasteiger charge is 2.30. The summed E-state index contributed by atoms with van der Waals surface area (Å²) >= 11 is 0. The average Bonchev–Trinajstić information content (AvgIpc) is 2.84. The van der Waals surface area contributed by atoms with Crippen LogP contribution < -0.4 is 10.2 Å². The van der Waals surface area contributed by atoms with Gasteiger partial charge in [-0.15, -0.1) is 10.2 Å². The van der Waals surface area contributed by atoms with Gasteiger partial charge in [0.15, 0.2) is 5.82 Å². The van der Waals surface area contributed by atoms with Crippen LogP contribution in [0.5, 0.6) is 0 Å². The third-order valence-electron chi connectivity index (χ3n) is 3.82. The maximum absolute atomic E-state index is 12.6. The number of nitrogens with one attached hydrogen (secondary N) is 1. The lowest BCUT2D eigenvalue weighted by Crippen LogP contribution is -2.28. The van der Waals surface area contributed by atoms with Crippen LogP contribution in [0.15, 0.2) is 36.4 Å². The van der Waals surface area contributed by atoms with E-state index in [-0.39, 0.29) is 0 Å². The second-order valence-corrected chi connectivity index (χ2v) is 5.44. The summed E-state index contributed by atoms with van der Waals surface area (Å²) in [5.41, 5.74) is 0.521. The third-order valence-corrected chi connectivity index (χ3v) is 3.82. The highest BCUT2D eigenvalue weighted by Crippen LogP contribution is 2.30. The first-order chi connectivity index (χ1) is 11.0. The highest BCUT2D eigenvalue weighted by molar-refractivity contribution is 5.60. The van der Waals surface area contributed by atoms with Crippen molar-refractivity contribution in [3.8, 4) is 11.3 Å². The van der Waals surface area contributed by atoms with Crippen LogP contribution in [0, 0.1) is 0 Å². The molecule has 0 aliphatic carbocycles. The van der Waals surface area contributed by atoms with E-state index in [1.807, 2.05) is 6.07 Å². The van der Waals surface area contributed by atoms with E-state index in [4.69, 9.17) is 0 Å². The molecule has 1 aromatic heterocycles. The summed E-state index contributed by atoms with van der Waals surface area (Å²) in [6.07, 6.45) is -3.28. The Bertz CT molecular complexity index is 630. The van der Waals surface area contributed by atoms with Crippen molar-refractivity contribution >= 4 is 5.82 Å². The quantitative estimate of drug-likeness (QED) is 0.923. The van der Waals surface area contributed by atoms with E-state index in [0.29, 0.717) is 11.3 Å². The van der Waals surface area contributed by atoms with E-state index in [1.54, 1.807) is 6.07 Å². The van der Waals surface area contributed by atoms with Gasteiger partial charge in [0.1, 0.15) is 0 Å². The second kappa shape index (κ2) is 6.54. The largest absolute Gasteiger partial charge is 0.416 e. The lowest BCUT2D eigenvalue weighted by Gasteiger charge is -2.20. The summed E-state index contributed by atoms with van der Waals surface area (Å²) in [6, 6.07) is 8.62. The molecule has 1 fully saturated rings. The molecule has 1 N–H and O–H groups in total. The van der Waals surface area contributed by atoms with Crippen molar-refractivity contribution in [2.24, 2.45) is 0 Å². The molecule has 0 unspecified atom stereocenters. The van der Waals surface area contributed by atoms with Gasteiger partial charge in [-0.2, -0.15) is 13.2 Å². The molecular weight excluding hydrogens is 305 g/mol. The topological polar surface area (TPSA) is 41.0 Å². The van der Waals surface area contributed by atoms with Crippen LogP contribution in [0.3, 0.4) is 0 Å². The zero-order valence-corrected chi connectivity index (χ0v) is 12.5. The molecule has 2 aromatic rings. The molecule has 122 valence electrons. The van der Waals surface area contributed by atoms with Crippen LogP contribution >= 0.6 is 0 Å². The van der Waals surface area contributed by atoms with Crippen LogP contribution in [0.1, 0.15) is 12.0 Å². The second-order valence-electron chi connectivity index (χ2n) is 5.44. The molecule has 23 heavy (non-hydrogen) atoms. The minimum absolute atomic E-state index is 0.565. The number of anilines is 1. The van der Waals surface area contributed by atoms with E-state index in [1.165, 1.54) is 12.1 Å². The van der Waals surface area contributed by atoms with Gasteiger partial charge < -0.3 is 10.2 Å². The van der Waals surface area contributed by atoms with Gasteiger partial charge in [-0.25, -0.2) is 0 Å². The normalized spacial score (nSPS) is 16.2. The third kappa shape index (κ3) is 3.79. The van der Waals surface area contributed by atoms with E-state index in [2.05, 4.69) is 20.4 Å². The van der Waals surface area contributed by atoms with Gasteiger partial charge in [0.05, 0.1) is 11.3 Å². The molecule has 0 amide bonds. The first-order valence-corrected chi connectivity index (χ1v) is 7.51. The van der Waals surface area contributed by atoms with E-state index < -0.39 is 11.7 Å². The number of halogens is 3. The molecule has 7 heteroatoms. The molecule has 0 saturated carbocycles. The maximum atomic E-state index is 12.6. The molecule has 0 atom stereocenters. The van der Waals surface area contributed by atoms with Crippen molar-refractivity contribution in [3.63, 3.8) is 0 Å². The predicted octanol–water partition coefficient (Wildman–Crippen LogP) is 2.96. The monoisotopic (exact) mass is 322 g/mol. The Kier molecular flexibility index (Phi) is 4.47. The van der Waals surface area contributed by atoms with Gasteiger partial charge >= 0.3 is 6.18 Å². The Hall–Kier alpha value is -2.15. The molecule has 3 rings (SSSR count). The molecule has 4 nitrogen and oxygen atoms in total. The molecule has 2 heterocycles. The van der Waals surface area contributed by atoms with Crippen molar-refractivity contribution in [3.05, 3.63) is 42.0 Å². The molecule has 0 radical (unpaired) electrons. The fourth-order valence-corrected chi connectivity index (χ4v) is 2.55. The number of hydrogen-bond acceptors (Lipinski definition) is 4. The number of rotatable bonds is 2. The van der Waals surface area contributed by atoms with Crippen LogP contribution in [0.25, 0.3) is 11.3 Å². The maximum Gasteiger partial charge on any atom is 0.416 e. The predicted molar refractivity (Wildman–Crippen MR) is 82.2 cm³/mol. The lowest BCUT2D eigenvalue weighted by molar-refractivity contribution is -0.137. The van der Waals surface area contributed by atoms with Gasteiger partial charge in [-0.05, 0) is 37.2 Å². The first kappa shape index (κ1) is 15.7. The van der Waals surface area contributed by atoms with E-state index in [9.17, 15) is 13.2 Å². The number of hydrogen-bond donors (Lipinski definition) is 1. The average molecular weight is 322 g/mol. The van der Waals surface area contributed by atoms with Gasteiger partial charge in [0, 0.05) is 25.2 Å². The summed E-state index contributed by atoms with van der Waals surface area (Å²) in [5.74, 6) is 0.796. The summed E-state index contributed by atoms with van der Waals surface area (Å²) in [7, 11) is 0. The molecule has 1 aliphatic rings. The Morgan fingerprint density at radius 1 is 0.913 bits per heavy atom. The Morgan fingerprint density at radius 3 is 2.35 bits per heavy atom. The molecule has 0 bridgehead atoms. The SMILES string of the molecule is FC(F)(F)c1ccc(-c2ccc(N3CCCNCC3)nn2)cc1. The summed E-state index contributed by atoms with van der Waals surface area (Å²) < 4.78 is 37.7. The van der Waals surface area contributed by atoms with Crippen molar-refractivity contribution in [1.82, 2.24) is 15.5 Å². The number of nitrogens with zero attached hydrogens (tertiary/aromatic N) is 3. The minimum atomic E-state index is -4.32. The number of benzene rings is 1. The standard InChI is InChI=1S/C16H17F3N4/c17-16(18,19)13-4-2-12(3-5-13)14-6-7-15(22-21-14)23-10-1-8-20-9-11-23/h2-7,20H,1,8-11H2. The first-order valence-electron chi connectivity index (χ1n) is 7.51. The van der Waals surface area contributed by atoms with Crippen molar-refractivity contribution < 1.29 is 13.2 Å². The van der Waals surface area contributed by atoms with Crippen molar-refractivity contribution in [2.75, 3.05) is 31.1 Å².